The summed E-state index contributed by atoms with van der Waals surface area (Å²) in [4.78, 5) is 17.0. The van der Waals surface area contributed by atoms with Crippen LogP contribution in [0.15, 0.2) is 42.6 Å². The van der Waals surface area contributed by atoms with Gasteiger partial charge in [0.25, 0.3) is 0 Å². The summed E-state index contributed by atoms with van der Waals surface area (Å²) < 4.78 is 19.9. The standard InChI is InChI=1S/C27H30Cl2FN3O2/c1-15-3-9-20(10-4-15)33-27(34)18-7-5-17(6-8-18)19-13-23(26(31)32-14-19)35-16(2)24-21(28)11-12-22(30)25(24)29/h5-7,11-16,18,20H,3-4,8-10H2,1-2H3,(H2,31,32)(H,33,34). The van der Waals surface area contributed by atoms with E-state index in [0.29, 0.717) is 22.8 Å². The molecule has 186 valence electrons. The Morgan fingerprint density at radius 2 is 2.00 bits per heavy atom. The van der Waals surface area contributed by atoms with Gasteiger partial charge >= 0.3 is 0 Å². The molecule has 2 unspecified atom stereocenters. The molecule has 1 aromatic carbocycles. The minimum absolute atomic E-state index is 0.0771. The van der Waals surface area contributed by atoms with E-state index in [0.717, 1.165) is 29.9 Å². The minimum atomic E-state index is -0.656. The molecule has 0 radical (unpaired) electrons. The van der Waals surface area contributed by atoms with Crippen LogP contribution in [0.4, 0.5) is 10.2 Å². The van der Waals surface area contributed by atoms with Gasteiger partial charge in [-0.1, -0.05) is 48.4 Å². The van der Waals surface area contributed by atoms with Crippen LogP contribution in [-0.4, -0.2) is 16.9 Å². The van der Waals surface area contributed by atoms with E-state index in [2.05, 4.69) is 17.2 Å². The Hall–Kier alpha value is -2.57. The fourth-order valence-corrected chi connectivity index (χ4v) is 5.29. The molecule has 4 rings (SSSR count). The van der Waals surface area contributed by atoms with Gasteiger partial charge < -0.3 is 15.8 Å². The van der Waals surface area contributed by atoms with Crippen LogP contribution in [-0.2, 0) is 4.79 Å². The predicted molar refractivity (Wildman–Crippen MR) is 139 cm³/mol. The highest BCUT2D eigenvalue weighted by molar-refractivity contribution is 6.36. The highest BCUT2D eigenvalue weighted by Crippen LogP contribution is 2.37. The number of hydrogen-bond acceptors (Lipinski definition) is 4. The highest BCUT2D eigenvalue weighted by atomic mass is 35.5. The lowest BCUT2D eigenvalue weighted by molar-refractivity contribution is -0.124. The van der Waals surface area contributed by atoms with Crippen LogP contribution in [0.25, 0.3) is 5.57 Å². The van der Waals surface area contributed by atoms with Crippen LogP contribution in [0.5, 0.6) is 5.75 Å². The summed E-state index contributed by atoms with van der Waals surface area (Å²) in [6, 6.07) is 4.71. The zero-order chi connectivity index (χ0) is 25.1. The number of allylic oxidation sites excluding steroid dienone is 3. The molecule has 0 aliphatic heterocycles. The summed E-state index contributed by atoms with van der Waals surface area (Å²) in [5.41, 5.74) is 8.11. The first-order valence-electron chi connectivity index (χ1n) is 12.0. The summed E-state index contributed by atoms with van der Waals surface area (Å²) in [6.45, 7) is 3.98. The van der Waals surface area contributed by atoms with Gasteiger partial charge in [0.2, 0.25) is 5.91 Å². The highest BCUT2D eigenvalue weighted by Gasteiger charge is 2.24. The lowest BCUT2D eigenvalue weighted by Crippen LogP contribution is -2.40. The number of halogens is 3. The number of pyridine rings is 1. The molecule has 1 heterocycles. The van der Waals surface area contributed by atoms with Crippen molar-refractivity contribution in [3.63, 3.8) is 0 Å². The number of nitrogens with two attached hydrogens (primary N) is 1. The van der Waals surface area contributed by atoms with Crippen molar-refractivity contribution in [2.24, 2.45) is 11.8 Å². The number of nitrogens with one attached hydrogen (secondary N) is 1. The van der Waals surface area contributed by atoms with Crippen molar-refractivity contribution in [2.45, 2.75) is 58.1 Å². The van der Waals surface area contributed by atoms with E-state index in [1.165, 1.54) is 25.0 Å². The Bertz CT molecular complexity index is 1160. The van der Waals surface area contributed by atoms with E-state index in [-0.39, 0.29) is 28.7 Å². The van der Waals surface area contributed by atoms with Gasteiger partial charge in [0, 0.05) is 28.4 Å². The van der Waals surface area contributed by atoms with Gasteiger partial charge in [-0.3, -0.25) is 4.79 Å². The van der Waals surface area contributed by atoms with Gasteiger partial charge in [-0.05, 0) is 68.7 Å². The van der Waals surface area contributed by atoms with Gasteiger partial charge in [-0.2, -0.15) is 0 Å². The van der Waals surface area contributed by atoms with Crippen LogP contribution in [0.3, 0.4) is 0 Å². The third kappa shape index (κ3) is 5.99. The van der Waals surface area contributed by atoms with Gasteiger partial charge in [-0.25, -0.2) is 9.37 Å². The van der Waals surface area contributed by atoms with E-state index in [9.17, 15) is 9.18 Å². The summed E-state index contributed by atoms with van der Waals surface area (Å²) >= 11 is 12.4. The van der Waals surface area contributed by atoms with Crippen molar-refractivity contribution in [2.75, 3.05) is 5.73 Å². The molecule has 0 bridgehead atoms. The quantitative estimate of drug-likeness (QED) is 0.408. The molecule has 2 aromatic rings. The molecule has 2 aliphatic rings. The summed E-state index contributed by atoms with van der Waals surface area (Å²) in [6.07, 6.45) is 11.9. The van der Waals surface area contributed by atoms with E-state index in [4.69, 9.17) is 33.7 Å². The van der Waals surface area contributed by atoms with E-state index in [1.807, 2.05) is 18.2 Å². The summed E-state index contributed by atoms with van der Waals surface area (Å²) in [7, 11) is 0. The molecule has 1 fully saturated rings. The first-order valence-corrected chi connectivity index (χ1v) is 12.7. The van der Waals surface area contributed by atoms with Crippen molar-refractivity contribution in [3.05, 3.63) is 69.6 Å². The van der Waals surface area contributed by atoms with Crippen molar-refractivity contribution >= 4 is 40.5 Å². The Labute approximate surface area is 215 Å². The van der Waals surface area contributed by atoms with E-state index >= 15 is 0 Å². The fourth-order valence-electron chi connectivity index (χ4n) is 4.61. The number of ether oxygens (including phenoxy) is 1. The lowest BCUT2D eigenvalue weighted by atomic mass is 9.86. The maximum Gasteiger partial charge on any atom is 0.227 e. The number of amides is 1. The van der Waals surface area contributed by atoms with E-state index < -0.39 is 11.9 Å². The predicted octanol–water partition coefficient (Wildman–Crippen LogP) is 6.90. The molecule has 0 saturated heterocycles. The van der Waals surface area contributed by atoms with Crippen LogP contribution in [0.1, 0.15) is 63.2 Å². The molecule has 35 heavy (non-hydrogen) atoms. The Morgan fingerprint density at radius 1 is 1.26 bits per heavy atom. The largest absolute Gasteiger partial charge is 0.482 e. The fraction of sp³-hybridized carbons (Fsp3) is 0.407. The number of anilines is 1. The molecule has 2 atom stereocenters. The molecule has 5 nitrogen and oxygen atoms in total. The number of nitrogen functional groups attached to an aromatic ring is 1. The number of nitrogens with zero attached hydrogens (tertiary/aromatic N) is 1. The molecular weight excluding hydrogens is 488 g/mol. The number of benzene rings is 1. The molecule has 1 amide bonds. The Kier molecular flexibility index (Phi) is 8.02. The maximum absolute atomic E-state index is 14.0. The molecular formula is C27H30Cl2FN3O2. The second kappa shape index (κ2) is 11.0. The number of aromatic nitrogens is 1. The maximum atomic E-state index is 14.0. The average Bonchev–Trinajstić information content (AvgIpc) is 2.84. The van der Waals surface area contributed by atoms with Crippen molar-refractivity contribution in [1.29, 1.82) is 0 Å². The third-order valence-electron chi connectivity index (χ3n) is 6.80. The number of carbonyl (C=O) groups excluding carboxylic acids is 1. The second-order valence-electron chi connectivity index (χ2n) is 9.45. The van der Waals surface area contributed by atoms with Crippen LogP contribution >= 0.6 is 23.2 Å². The second-order valence-corrected chi connectivity index (χ2v) is 10.2. The van der Waals surface area contributed by atoms with Crippen molar-refractivity contribution in [3.8, 4) is 5.75 Å². The molecule has 1 aromatic heterocycles. The van der Waals surface area contributed by atoms with Gasteiger partial charge in [0.1, 0.15) is 11.9 Å². The first-order chi connectivity index (χ1) is 16.7. The lowest BCUT2D eigenvalue weighted by Gasteiger charge is -2.28. The monoisotopic (exact) mass is 517 g/mol. The molecule has 0 spiro atoms. The van der Waals surface area contributed by atoms with Crippen molar-refractivity contribution in [1.82, 2.24) is 10.3 Å². The molecule has 3 N–H and O–H groups in total. The topological polar surface area (TPSA) is 77.2 Å². The summed E-state index contributed by atoms with van der Waals surface area (Å²) in [5, 5.41) is 3.43. The zero-order valence-electron chi connectivity index (χ0n) is 19.9. The van der Waals surface area contributed by atoms with Crippen LogP contribution < -0.4 is 15.8 Å². The van der Waals surface area contributed by atoms with Crippen LogP contribution in [0, 0.1) is 17.7 Å². The Balaban J connectivity index is 1.43. The van der Waals surface area contributed by atoms with Crippen molar-refractivity contribution < 1.29 is 13.9 Å². The normalized spacial score (nSPS) is 22.9. The average molecular weight is 518 g/mol. The number of rotatable bonds is 6. The molecule has 2 aliphatic carbocycles. The SMILES string of the molecule is CC1CCC(NC(=O)C2C=CC(c3cnc(N)c(OC(C)c4c(Cl)ccc(F)c4Cl)c3)=CC2)CC1. The summed E-state index contributed by atoms with van der Waals surface area (Å²) in [5.74, 6) is 0.601. The number of hydrogen-bond donors (Lipinski definition) is 2. The van der Waals surface area contributed by atoms with E-state index in [1.54, 1.807) is 19.2 Å². The smallest absolute Gasteiger partial charge is 0.227 e. The molecule has 1 saturated carbocycles. The zero-order valence-corrected chi connectivity index (χ0v) is 21.4. The van der Waals surface area contributed by atoms with Gasteiger partial charge in [0.15, 0.2) is 11.6 Å². The van der Waals surface area contributed by atoms with Crippen LogP contribution in [0.2, 0.25) is 10.0 Å². The van der Waals surface area contributed by atoms with Gasteiger partial charge in [-0.15, -0.1) is 0 Å². The first kappa shape index (κ1) is 25.5. The van der Waals surface area contributed by atoms with Gasteiger partial charge in [0.05, 0.1) is 10.9 Å². The molecule has 8 heteroatoms. The minimum Gasteiger partial charge on any atom is -0.482 e. The Morgan fingerprint density at radius 3 is 2.69 bits per heavy atom. The number of carbonyl (C=O) groups is 1. The third-order valence-corrected chi connectivity index (χ3v) is 7.52.